The Morgan fingerprint density at radius 2 is 2.06 bits per heavy atom. The summed E-state index contributed by atoms with van der Waals surface area (Å²) in [5, 5.41) is 13.4. The SMILES string of the molecule is C=CBC1C[C@@H]2C[C@H]1CN2c1ccc(-n2nc(-c3cccc4nn(C)cc34)c3c2=C(C)CCC=3)cn1. The number of rotatable bonds is 5. The molecule has 1 saturated heterocycles. The minimum Gasteiger partial charge on any atom is -0.353 e. The largest absolute Gasteiger partial charge is 0.353 e. The predicted octanol–water partition coefficient (Wildman–Crippen LogP) is 3.53. The zero-order valence-electron chi connectivity index (χ0n) is 21.1. The highest BCUT2D eigenvalue weighted by Crippen LogP contribution is 2.46. The second-order valence-electron chi connectivity index (χ2n) is 10.8. The van der Waals surface area contributed by atoms with Gasteiger partial charge in [-0.3, -0.25) is 4.68 Å². The van der Waals surface area contributed by atoms with Gasteiger partial charge in [0, 0.05) is 42.0 Å². The fourth-order valence-corrected chi connectivity index (χ4v) is 6.86. The number of aromatic nitrogens is 5. The van der Waals surface area contributed by atoms with E-state index >= 15 is 0 Å². The Labute approximate surface area is 211 Å². The summed E-state index contributed by atoms with van der Waals surface area (Å²) < 4.78 is 3.99. The molecule has 7 rings (SSSR count). The van der Waals surface area contributed by atoms with Crippen molar-refractivity contribution in [2.45, 2.75) is 44.5 Å². The second kappa shape index (κ2) is 8.22. The van der Waals surface area contributed by atoms with E-state index in [1.54, 1.807) is 0 Å². The molecule has 4 aromatic rings. The molecule has 7 heteroatoms. The van der Waals surface area contributed by atoms with Crippen LogP contribution in [0.1, 0.15) is 32.6 Å². The van der Waals surface area contributed by atoms with Gasteiger partial charge < -0.3 is 4.90 Å². The van der Waals surface area contributed by atoms with E-state index in [2.05, 4.69) is 76.8 Å². The van der Waals surface area contributed by atoms with E-state index in [0.717, 1.165) is 72.1 Å². The third-order valence-electron chi connectivity index (χ3n) is 8.54. The van der Waals surface area contributed by atoms with Crippen LogP contribution in [0, 0.1) is 5.92 Å². The van der Waals surface area contributed by atoms with Crippen molar-refractivity contribution in [3.63, 3.8) is 0 Å². The molecule has 2 fully saturated rings. The molecule has 0 N–H and O–H groups in total. The Morgan fingerprint density at radius 3 is 2.83 bits per heavy atom. The molecule has 2 aliphatic carbocycles. The van der Waals surface area contributed by atoms with Crippen LogP contribution in [0.15, 0.2) is 55.3 Å². The summed E-state index contributed by atoms with van der Waals surface area (Å²) in [6.45, 7) is 7.31. The van der Waals surface area contributed by atoms with E-state index in [9.17, 15) is 0 Å². The van der Waals surface area contributed by atoms with E-state index < -0.39 is 0 Å². The molecular formula is C29H31BN6. The number of fused-ring (bicyclic) bond motifs is 4. The van der Waals surface area contributed by atoms with Gasteiger partial charge in [0.15, 0.2) is 7.28 Å². The molecule has 3 atom stereocenters. The van der Waals surface area contributed by atoms with Crippen molar-refractivity contribution in [2.75, 3.05) is 11.4 Å². The van der Waals surface area contributed by atoms with Crippen molar-refractivity contribution in [2.24, 2.45) is 13.0 Å². The normalized spacial score (nSPS) is 22.7. The highest BCUT2D eigenvalue weighted by molar-refractivity contribution is 6.44. The van der Waals surface area contributed by atoms with E-state index in [4.69, 9.17) is 10.1 Å². The third-order valence-corrected chi connectivity index (χ3v) is 8.54. The number of hydrogen-bond acceptors (Lipinski definition) is 4. The summed E-state index contributed by atoms with van der Waals surface area (Å²) in [6.07, 6.45) is 11.1. The molecule has 36 heavy (non-hydrogen) atoms. The Kier molecular flexibility index (Phi) is 4.95. The van der Waals surface area contributed by atoms with Crippen molar-refractivity contribution in [1.82, 2.24) is 24.5 Å². The van der Waals surface area contributed by atoms with Crippen LogP contribution in [-0.2, 0) is 7.05 Å². The molecule has 0 radical (unpaired) electrons. The lowest BCUT2D eigenvalue weighted by Gasteiger charge is -2.32. The van der Waals surface area contributed by atoms with Gasteiger partial charge in [0.2, 0.25) is 0 Å². The van der Waals surface area contributed by atoms with Crippen molar-refractivity contribution in [3.8, 4) is 16.9 Å². The van der Waals surface area contributed by atoms with Crippen LogP contribution in [0.3, 0.4) is 0 Å². The predicted molar refractivity (Wildman–Crippen MR) is 148 cm³/mol. The lowest BCUT2D eigenvalue weighted by Crippen LogP contribution is -2.35. The Balaban J connectivity index is 1.29. The first-order chi connectivity index (χ1) is 17.6. The Hall–Kier alpha value is -3.61. The lowest BCUT2D eigenvalue weighted by atomic mass is 9.60. The van der Waals surface area contributed by atoms with E-state index in [1.165, 1.54) is 29.0 Å². The quantitative estimate of drug-likeness (QED) is 0.416. The lowest BCUT2D eigenvalue weighted by molar-refractivity contribution is 0.547. The zero-order valence-corrected chi connectivity index (χ0v) is 21.1. The van der Waals surface area contributed by atoms with Crippen molar-refractivity contribution >= 4 is 35.6 Å². The smallest absolute Gasteiger partial charge is 0.150 e. The minimum atomic E-state index is 0.618. The van der Waals surface area contributed by atoms with Crippen LogP contribution in [0.25, 0.3) is 39.5 Å². The van der Waals surface area contributed by atoms with Gasteiger partial charge in [-0.2, -0.15) is 10.2 Å². The molecule has 3 aliphatic rings. The number of hydrogen-bond donors (Lipinski definition) is 0. The fraction of sp³-hybridized carbons (Fsp3) is 0.345. The summed E-state index contributed by atoms with van der Waals surface area (Å²) in [6, 6.07) is 11.3. The van der Waals surface area contributed by atoms with Crippen molar-refractivity contribution < 1.29 is 0 Å². The molecular weight excluding hydrogens is 443 g/mol. The minimum absolute atomic E-state index is 0.618. The summed E-state index contributed by atoms with van der Waals surface area (Å²) >= 11 is 0. The average Bonchev–Trinajstić information content (AvgIpc) is 3.65. The maximum atomic E-state index is 5.20. The van der Waals surface area contributed by atoms with Crippen LogP contribution < -0.4 is 15.5 Å². The summed E-state index contributed by atoms with van der Waals surface area (Å²) in [5.41, 5.74) is 5.54. The molecule has 1 aromatic carbocycles. The first kappa shape index (κ1) is 21.7. The standard InChI is InChI=1S/C29H31BN6/c1-4-30-25-14-21-13-19(25)16-35(21)27-12-11-20(15-31-27)36-29-18(2)7-5-9-23(29)28(33-36)22-8-6-10-26-24(22)17-34(3)32-26/h4,6,8-12,15,17,19,21,25,30H,1,5,7,13-14,16H2,2-3H3/t19-,21-,25?/m0/s1. The van der Waals surface area contributed by atoms with Gasteiger partial charge in [-0.25, -0.2) is 9.67 Å². The first-order valence-corrected chi connectivity index (χ1v) is 13.2. The Bertz CT molecular complexity index is 1610. The second-order valence-corrected chi connectivity index (χ2v) is 10.8. The number of benzene rings is 1. The van der Waals surface area contributed by atoms with Crippen LogP contribution >= 0.6 is 0 Å². The van der Waals surface area contributed by atoms with Gasteiger partial charge in [-0.1, -0.05) is 24.0 Å². The third kappa shape index (κ3) is 3.29. The molecule has 4 heterocycles. The van der Waals surface area contributed by atoms with Gasteiger partial charge in [0.1, 0.15) is 11.5 Å². The zero-order chi connectivity index (χ0) is 24.4. The van der Waals surface area contributed by atoms with Gasteiger partial charge >= 0.3 is 0 Å². The molecule has 0 spiro atoms. The first-order valence-electron chi connectivity index (χ1n) is 13.2. The number of nitrogens with zero attached hydrogens (tertiary/aromatic N) is 6. The van der Waals surface area contributed by atoms with E-state index in [-0.39, 0.29) is 0 Å². The average molecular weight is 474 g/mol. The van der Waals surface area contributed by atoms with Crippen molar-refractivity contribution in [1.29, 1.82) is 0 Å². The molecule has 1 saturated carbocycles. The summed E-state index contributed by atoms with van der Waals surface area (Å²) in [4.78, 5) is 7.47. The molecule has 2 bridgehead atoms. The number of piperidine rings is 1. The van der Waals surface area contributed by atoms with Crippen LogP contribution in [0.5, 0.6) is 0 Å². The topological polar surface area (TPSA) is 51.8 Å². The monoisotopic (exact) mass is 474 g/mol. The van der Waals surface area contributed by atoms with E-state index in [1.807, 2.05) is 17.9 Å². The molecule has 1 unspecified atom stereocenters. The van der Waals surface area contributed by atoms with Crippen LogP contribution in [0.4, 0.5) is 5.82 Å². The molecule has 0 amide bonds. The number of aryl methyl sites for hydroxylation is 1. The van der Waals surface area contributed by atoms with Gasteiger partial charge in [-0.05, 0) is 62.3 Å². The maximum Gasteiger partial charge on any atom is 0.150 e. The molecule has 3 aromatic heterocycles. The molecule has 180 valence electrons. The van der Waals surface area contributed by atoms with Gasteiger partial charge in [-0.15, -0.1) is 12.6 Å². The molecule has 6 nitrogen and oxygen atoms in total. The number of pyridine rings is 1. The molecule has 1 aliphatic heterocycles. The summed E-state index contributed by atoms with van der Waals surface area (Å²) in [7, 11) is 3.12. The fourth-order valence-electron chi connectivity index (χ4n) is 6.86. The summed E-state index contributed by atoms with van der Waals surface area (Å²) in [5.74, 6) is 4.76. The van der Waals surface area contributed by atoms with Crippen LogP contribution in [0.2, 0.25) is 5.82 Å². The van der Waals surface area contributed by atoms with E-state index in [0.29, 0.717) is 6.04 Å². The van der Waals surface area contributed by atoms with Crippen LogP contribution in [-0.4, -0.2) is 44.4 Å². The maximum absolute atomic E-state index is 5.20. The highest BCUT2D eigenvalue weighted by atomic mass is 15.3. The van der Waals surface area contributed by atoms with Gasteiger partial charge in [0.05, 0.1) is 22.8 Å². The van der Waals surface area contributed by atoms with Gasteiger partial charge in [0.25, 0.3) is 0 Å². The Morgan fingerprint density at radius 1 is 1.14 bits per heavy atom. The highest BCUT2D eigenvalue weighted by Gasteiger charge is 2.44. The number of anilines is 1. The van der Waals surface area contributed by atoms with Crippen molar-refractivity contribution in [3.05, 3.63) is 65.8 Å².